The van der Waals surface area contributed by atoms with Crippen LogP contribution in [0.3, 0.4) is 0 Å². The molecule has 0 aromatic rings. The molecular weight excluding hydrogens is 316 g/mol. The van der Waals surface area contributed by atoms with Gasteiger partial charge in [-0.05, 0) is 25.2 Å². The van der Waals surface area contributed by atoms with Crippen LogP contribution >= 0.6 is 0 Å². The Bertz CT molecular complexity index is 523. The fourth-order valence-corrected chi connectivity index (χ4v) is 5.46. The molecule has 1 aliphatic heterocycles. The Hall–Kier alpha value is -0.760. The van der Waals surface area contributed by atoms with Crippen molar-refractivity contribution in [3.63, 3.8) is 0 Å². The predicted octanol–water partition coefficient (Wildman–Crippen LogP) is 2.18. The van der Waals surface area contributed by atoms with Crippen molar-refractivity contribution >= 4 is 16.0 Å². The van der Waals surface area contributed by atoms with Crippen molar-refractivity contribution in [2.45, 2.75) is 45.0 Å². The molecule has 3 atom stereocenters. The summed E-state index contributed by atoms with van der Waals surface area (Å²) in [7, 11) is -3.86. The zero-order valence-electron chi connectivity index (χ0n) is 12.7. The summed E-state index contributed by atoms with van der Waals surface area (Å²) in [6, 6.07) is 0. The molecule has 8 heteroatoms. The number of hydrogen-bond donors (Lipinski definition) is 1. The van der Waals surface area contributed by atoms with Gasteiger partial charge in [0.05, 0.1) is 11.7 Å². The first-order valence-electron chi connectivity index (χ1n) is 7.70. The van der Waals surface area contributed by atoms with Crippen LogP contribution in [0.5, 0.6) is 0 Å². The Morgan fingerprint density at radius 3 is 2.59 bits per heavy atom. The molecule has 0 bridgehead atoms. The van der Waals surface area contributed by atoms with Crippen LogP contribution < -0.4 is 0 Å². The molecule has 1 heterocycles. The molecule has 1 N–H and O–H groups in total. The molecule has 0 aromatic carbocycles. The lowest BCUT2D eigenvalue weighted by molar-refractivity contribution is -0.143. The number of rotatable bonds is 4. The van der Waals surface area contributed by atoms with E-state index in [9.17, 15) is 22.0 Å². The molecule has 1 saturated heterocycles. The quantitative estimate of drug-likeness (QED) is 0.852. The topological polar surface area (TPSA) is 74.7 Å². The largest absolute Gasteiger partial charge is 0.481 e. The highest BCUT2D eigenvalue weighted by Gasteiger charge is 2.45. The Morgan fingerprint density at radius 2 is 2.00 bits per heavy atom. The van der Waals surface area contributed by atoms with Gasteiger partial charge in [0.2, 0.25) is 10.0 Å². The van der Waals surface area contributed by atoms with E-state index >= 15 is 0 Å². The van der Waals surface area contributed by atoms with Crippen molar-refractivity contribution in [1.29, 1.82) is 0 Å². The maximum atomic E-state index is 13.9. The van der Waals surface area contributed by atoms with E-state index in [0.29, 0.717) is 19.3 Å². The molecule has 128 valence electrons. The minimum Gasteiger partial charge on any atom is -0.481 e. The average Bonchev–Trinajstić information content (AvgIpc) is 2.40. The third kappa shape index (κ3) is 3.95. The fraction of sp³-hybridized carbons (Fsp3) is 0.929. The number of hydrogen-bond acceptors (Lipinski definition) is 3. The maximum Gasteiger partial charge on any atom is 0.307 e. The summed E-state index contributed by atoms with van der Waals surface area (Å²) in [6.45, 7) is 1.89. The van der Waals surface area contributed by atoms with Crippen LogP contribution in [0.4, 0.5) is 8.78 Å². The van der Waals surface area contributed by atoms with Crippen molar-refractivity contribution in [2.24, 2.45) is 17.8 Å². The molecule has 2 rings (SSSR count). The molecular formula is C14H23F2NO4S. The lowest BCUT2D eigenvalue weighted by Crippen LogP contribution is -2.48. The second-order valence-corrected chi connectivity index (χ2v) is 8.69. The molecule has 1 saturated carbocycles. The van der Waals surface area contributed by atoms with Crippen LogP contribution in [0.15, 0.2) is 0 Å². The van der Waals surface area contributed by atoms with Crippen molar-refractivity contribution < 1.29 is 27.1 Å². The van der Waals surface area contributed by atoms with Gasteiger partial charge in [-0.25, -0.2) is 21.5 Å². The first-order valence-corrected chi connectivity index (χ1v) is 9.31. The van der Waals surface area contributed by atoms with Gasteiger partial charge in [-0.2, -0.15) is 0 Å². The lowest BCUT2D eigenvalue weighted by atomic mass is 9.87. The number of halogens is 2. The Balaban J connectivity index is 2.10. The van der Waals surface area contributed by atoms with Gasteiger partial charge in [-0.3, -0.25) is 4.79 Å². The van der Waals surface area contributed by atoms with E-state index in [0.717, 1.165) is 4.31 Å². The summed E-state index contributed by atoms with van der Waals surface area (Å²) in [4.78, 5) is 11.1. The van der Waals surface area contributed by atoms with Gasteiger partial charge < -0.3 is 5.11 Å². The summed E-state index contributed by atoms with van der Waals surface area (Å²) in [5.74, 6) is -6.57. The zero-order chi connectivity index (χ0) is 16.5. The van der Waals surface area contributed by atoms with Crippen molar-refractivity contribution in [2.75, 3.05) is 18.8 Å². The van der Waals surface area contributed by atoms with E-state index in [1.54, 1.807) is 6.92 Å². The first kappa shape index (κ1) is 17.6. The normalized spacial score (nSPS) is 33.5. The molecule has 0 radical (unpaired) electrons. The van der Waals surface area contributed by atoms with E-state index in [-0.39, 0.29) is 31.8 Å². The maximum absolute atomic E-state index is 13.9. The SMILES string of the molecule is CC1CC(C(=O)O)CN(S(=O)(=O)CC2CCCCC2(F)F)C1. The minimum absolute atomic E-state index is 0.0866. The molecule has 2 fully saturated rings. The molecule has 0 spiro atoms. The highest BCUT2D eigenvalue weighted by molar-refractivity contribution is 7.89. The third-order valence-corrected chi connectivity index (χ3v) is 6.60. The zero-order valence-corrected chi connectivity index (χ0v) is 13.5. The second-order valence-electron chi connectivity index (χ2n) is 6.68. The lowest BCUT2D eigenvalue weighted by Gasteiger charge is -2.36. The smallest absolute Gasteiger partial charge is 0.307 e. The number of nitrogens with zero attached hydrogens (tertiary/aromatic N) is 1. The molecule has 2 aliphatic rings. The monoisotopic (exact) mass is 339 g/mol. The van der Waals surface area contributed by atoms with Crippen molar-refractivity contribution in [3.05, 3.63) is 0 Å². The van der Waals surface area contributed by atoms with E-state index in [1.165, 1.54) is 0 Å². The second kappa shape index (κ2) is 6.39. The van der Waals surface area contributed by atoms with Crippen LogP contribution in [0.2, 0.25) is 0 Å². The molecule has 22 heavy (non-hydrogen) atoms. The van der Waals surface area contributed by atoms with Crippen LogP contribution in [-0.4, -0.2) is 48.6 Å². The van der Waals surface area contributed by atoms with Gasteiger partial charge >= 0.3 is 5.97 Å². The summed E-state index contributed by atoms with van der Waals surface area (Å²) in [5.41, 5.74) is 0. The molecule has 1 aliphatic carbocycles. The summed E-state index contributed by atoms with van der Waals surface area (Å²) < 4.78 is 53.8. The number of carbonyl (C=O) groups is 1. The van der Waals surface area contributed by atoms with Gasteiger partial charge in [-0.15, -0.1) is 0 Å². The van der Waals surface area contributed by atoms with Crippen LogP contribution in [0.1, 0.15) is 39.0 Å². The molecule has 5 nitrogen and oxygen atoms in total. The third-order valence-electron chi connectivity index (χ3n) is 4.69. The van der Waals surface area contributed by atoms with E-state index in [4.69, 9.17) is 5.11 Å². The minimum atomic E-state index is -3.86. The van der Waals surface area contributed by atoms with E-state index < -0.39 is 39.5 Å². The van der Waals surface area contributed by atoms with E-state index in [2.05, 4.69) is 0 Å². The van der Waals surface area contributed by atoms with Gasteiger partial charge in [0.25, 0.3) is 5.92 Å². The number of aliphatic carboxylic acids is 1. The van der Waals surface area contributed by atoms with Crippen LogP contribution in [-0.2, 0) is 14.8 Å². The Morgan fingerprint density at radius 1 is 1.32 bits per heavy atom. The standard InChI is InChI=1S/C14H23F2NO4S/c1-10-6-11(13(18)19)8-17(7-10)22(20,21)9-12-4-2-3-5-14(12,15)16/h10-12H,2-9H2,1H3,(H,18,19). The molecule has 0 aromatic heterocycles. The number of alkyl halides is 2. The van der Waals surface area contributed by atoms with Gasteiger partial charge in [0.15, 0.2) is 0 Å². The summed E-state index contributed by atoms with van der Waals surface area (Å²) in [5, 5.41) is 9.10. The highest BCUT2D eigenvalue weighted by Crippen LogP contribution is 2.39. The van der Waals surface area contributed by atoms with Gasteiger partial charge in [-0.1, -0.05) is 13.3 Å². The number of carboxylic acids is 1. The average molecular weight is 339 g/mol. The van der Waals surface area contributed by atoms with Gasteiger partial charge in [0, 0.05) is 25.4 Å². The van der Waals surface area contributed by atoms with Crippen LogP contribution in [0, 0.1) is 17.8 Å². The number of carboxylic acid groups (broad SMARTS) is 1. The molecule has 3 unspecified atom stereocenters. The Kier molecular flexibility index (Phi) is 5.11. The number of piperidine rings is 1. The predicted molar refractivity (Wildman–Crippen MR) is 77.2 cm³/mol. The van der Waals surface area contributed by atoms with Crippen LogP contribution in [0.25, 0.3) is 0 Å². The summed E-state index contributed by atoms with van der Waals surface area (Å²) in [6.07, 6.45) is 1.40. The van der Waals surface area contributed by atoms with E-state index in [1.807, 2.05) is 0 Å². The van der Waals surface area contributed by atoms with Crippen molar-refractivity contribution in [1.82, 2.24) is 4.31 Å². The summed E-state index contributed by atoms with van der Waals surface area (Å²) >= 11 is 0. The fourth-order valence-electron chi connectivity index (χ4n) is 3.44. The Labute approximate surface area is 129 Å². The van der Waals surface area contributed by atoms with Crippen molar-refractivity contribution in [3.8, 4) is 0 Å². The number of sulfonamides is 1. The molecule has 0 amide bonds. The van der Waals surface area contributed by atoms with Gasteiger partial charge in [0.1, 0.15) is 0 Å². The highest BCUT2D eigenvalue weighted by atomic mass is 32.2. The first-order chi connectivity index (χ1) is 10.1.